The van der Waals surface area contributed by atoms with Crippen LogP contribution in [0.4, 0.5) is 0 Å². The third-order valence-electron chi connectivity index (χ3n) is 4.68. The number of carbonyl (C=O) groups is 1. The van der Waals surface area contributed by atoms with Crippen molar-refractivity contribution < 1.29 is 19.4 Å². The molecule has 0 bridgehead atoms. The third kappa shape index (κ3) is 4.31. The highest BCUT2D eigenvalue weighted by atomic mass is 16.5. The molecule has 7 heteroatoms. The van der Waals surface area contributed by atoms with Gasteiger partial charge in [-0.2, -0.15) is 5.10 Å². The molecule has 1 amide bonds. The fourth-order valence-electron chi connectivity index (χ4n) is 3.49. The number of benzene rings is 1. The van der Waals surface area contributed by atoms with E-state index in [-0.39, 0.29) is 31.3 Å². The number of hydrogen-bond acceptors (Lipinski definition) is 5. The summed E-state index contributed by atoms with van der Waals surface area (Å²) in [4.78, 5) is 14.8. The van der Waals surface area contributed by atoms with Crippen molar-refractivity contribution in [1.29, 1.82) is 0 Å². The average molecular weight is 373 g/mol. The first-order valence-electron chi connectivity index (χ1n) is 9.38. The van der Waals surface area contributed by atoms with Gasteiger partial charge in [0, 0.05) is 25.1 Å². The van der Waals surface area contributed by atoms with Crippen LogP contribution in [0.15, 0.2) is 24.3 Å². The highest BCUT2D eigenvalue weighted by molar-refractivity contribution is 5.94. The SMILES string of the molecule is CCOc1cccc(CN(CCO)C(=O)c2n[nH]c3c2C[C@H](C)O[C@@H]3C)c1. The molecular weight excluding hydrogens is 346 g/mol. The van der Waals surface area contributed by atoms with Gasteiger partial charge in [-0.1, -0.05) is 12.1 Å². The summed E-state index contributed by atoms with van der Waals surface area (Å²) in [6, 6.07) is 7.65. The van der Waals surface area contributed by atoms with Crippen molar-refractivity contribution >= 4 is 5.91 Å². The number of nitrogens with one attached hydrogen (secondary N) is 1. The quantitative estimate of drug-likeness (QED) is 0.778. The highest BCUT2D eigenvalue weighted by Crippen LogP contribution is 2.30. The molecule has 1 aromatic heterocycles. The minimum atomic E-state index is -0.190. The lowest BCUT2D eigenvalue weighted by Gasteiger charge is -2.26. The Kier molecular flexibility index (Phi) is 6.13. The van der Waals surface area contributed by atoms with Gasteiger partial charge in [-0.15, -0.1) is 0 Å². The maximum absolute atomic E-state index is 13.2. The lowest BCUT2D eigenvalue weighted by Crippen LogP contribution is -2.34. The van der Waals surface area contributed by atoms with E-state index >= 15 is 0 Å². The topological polar surface area (TPSA) is 87.7 Å². The molecule has 3 rings (SSSR count). The van der Waals surface area contributed by atoms with Crippen LogP contribution in [0.1, 0.15) is 54.2 Å². The van der Waals surface area contributed by atoms with Crippen LogP contribution in [0.2, 0.25) is 0 Å². The van der Waals surface area contributed by atoms with Gasteiger partial charge < -0.3 is 19.5 Å². The molecule has 0 radical (unpaired) electrons. The molecule has 0 saturated carbocycles. The van der Waals surface area contributed by atoms with Gasteiger partial charge in [-0.3, -0.25) is 9.89 Å². The Labute approximate surface area is 159 Å². The van der Waals surface area contributed by atoms with Crippen LogP contribution in [0.5, 0.6) is 5.75 Å². The summed E-state index contributed by atoms with van der Waals surface area (Å²) in [7, 11) is 0. The monoisotopic (exact) mass is 373 g/mol. The van der Waals surface area contributed by atoms with Crippen LogP contribution < -0.4 is 4.74 Å². The Morgan fingerprint density at radius 1 is 1.44 bits per heavy atom. The Hall–Kier alpha value is -2.38. The zero-order chi connectivity index (χ0) is 19.4. The number of hydrogen-bond donors (Lipinski definition) is 2. The Bertz CT molecular complexity index is 789. The summed E-state index contributed by atoms with van der Waals surface area (Å²) in [5, 5.41) is 16.7. The number of carbonyl (C=O) groups excluding carboxylic acids is 1. The molecule has 27 heavy (non-hydrogen) atoms. The van der Waals surface area contributed by atoms with Gasteiger partial charge in [0.1, 0.15) is 5.75 Å². The van der Waals surface area contributed by atoms with Gasteiger partial charge in [0.15, 0.2) is 5.69 Å². The summed E-state index contributed by atoms with van der Waals surface area (Å²) in [6.07, 6.45) is 0.558. The summed E-state index contributed by atoms with van der Waals surface area (Å²) in [6.45, 7) is 6.96. The molecule has 7 nitrogen and oxygen atoms in total. The highest BCUT2D eigenvalue weighted by Gasteiger charge is 2.31. The van der Waals surface area contributed by atoms with E-state index in [0.29, 0.717) is 25.3 Å². The van der Waals surface area contributed by atoms with E-state index in [1.54, 1.807) is 4.90 Å². The van der Waals surface area contributed by atoms with Crippen LogP contribution in [-0.4, -0.2) is 52.0 Å². The number of rotatable bonds is 7. The minimum Gasteiger partial charge on any atom is -0.494 e. The smallest absolute Gasteiger partial charge is 0.275 e. The van der Waals surface area contributed by atoms with E-state index in [0.717, 1.165) is 22.6 Å². The number of aromatic amines is 1. The van der Waals surface area contributed by atoms with E-state index < -0.39 is 0 Å². The molecule has 146 valence electrons. The first-order valence-corrected chi connectivity index (χ1v) is 9.38. The number of H-pyrrole nitrogens is 1. The summed E-state index contributed by atoms with van der Waals surface area (Å²) in [5.41, 5.74) is 3.13. The molecular formula is C20H27N3O4. The number of aliphatic hydroxyl groups is 1. The molecule has 0 saturated heterocycles. The van der Waals surface area contributed by atoms with Gasteiger partial charge >= 0.3 is 0 Å². The second kappa shape index (κ2) is 8.54. The molecule has 0 fully saturated rings. The maximum Gasteiger partial charge on any atom is 0.275 e. The first-order chi connectivity index (χ1) is 13.0. The van der Waals surface area contributed by atoms with Crippen LogP contribution in [-0.2, 0) is 17.7 Å². The predicted octanol–water partition coefficient (Wildman–Crippen LogP) is 2.47. The second-order valence-corrected chi connectivity index (χ2v) is 6.79. The van der Waals surface area contributed by atoms with Crippen molar-refractivity contribution in [1.82, 2.24) is 15.1 Å². The van der Waals surface area contributed by atoms with Gasteiger partial charge in [0.25, 0.3) is 5.91 Å². The number of aliphatic hydroxyl groups excluding tert-OH is 1. The minimum absolute atomic E-state index is 0.0332. The molecule has 1 aliphatic rings. The largest absolute Gasteiger partial charge is 0.494 e. The Balaban J connectivity index is 1.83. The molecule has 0 unspecified atom stereocenters. The van der Waals surface area contributed by atoms with Crippen LogP contribution >= 0.6 is 0 Å². The summed E-state index contributed by atoms with van der Waals surface area (Å²) >= 11 is 0. The molecule has 0 spiro atoms. The van der Waals surface area contributed by atoms with Crippen molar-refractivity contribution in [2.45, 2.75) is 45.9 Å². The number of amides is 1. The van der Waals surface area contributed by atoms with Crippen LogP contribution in [0.25, 0.3) is 0 Å². The van der Waals surface area contributed by atoms with Crippen molar-refractivity contribution in [2.24, 2.45) is 0 Å². The maximum atomic E-state index is 13.2. The van der Waals surface area contributed by atoms with E-state index in [4.69, 9.17) is 9.47 Å². The normalized spacial score (nSPS) is 18.8. The molecule has 1 aromatic carbocycles. The summed E-state index contributed by atoms with van der Waals surface area (Å²) in [5.74, 6) is 0.577. The lowest BCUT2D eigenvalue weighted by molar-refractivity contribution is -0.00703. The van der Waals surface area contributed by atoms with Crippen molar-refractivity contribution in [3.05, 3.63) is 46.8 Å². The first kappa shape index (κ1) is 19.4. The fourth-order valence-corrected chi connectivity index (χ4v) is 3.49. The molecule has 2 atom stereocenters. The molecule has 1 aliphatic heterocycles. The standard InChI is InChI=1S/C20H27N3O4/c1-4-26-16-7-5-6-15(11-16)12-23(8-9-24)20(25)19-17-10-13(2)27-14(3)18(17)21-22-19/h5-7,11,13-14,24H,4,8-10,12H2,1-3H3,(H,21,22)/t13-,14+/m0/s1. The molecule has 2 aromatic rings. The van der Waals surface area contributed by atoms with Crippen molar-refractivity contribution in [3.63, 3.8) is 0 Å². The zero-order valence-electron chi connectivity index (χ0n) is 16.1. The van der Waals surface area contributed by atoms with Gasteiger partial charge in [-0.25, -0.2) is 0 Å². The fraction of sp³-hybridized carbons (Fsp3) is 0.500. The Morgan fingerprint density at radius 2 is 2.26 bits per heavy atom. The van der Waals surface area contributed by atoms with Crippen LogP contribution in [0, 0.1) is 0 Å². The number of ether oxygens (including phenoxy) is 2. The summed E-state index contributed by atoms with van der Waals surface area (Å²) < 4.78 is 11.3. The average Bonchev–Trinajstić information content (AvgIpc) is 3.05. The van der Waals surface area contributed by atoms with Gasteiger partial charge in [0.05, 0.1) is 31.1 Å². The van der Waals surface area contributed by atoms with Crippen LogP contribution in [0.3, 0.4) is 0 Å². The Morgan fingerprint density at radius 3 is 3.00 bits per heavy atom. The number of fused-ring (bicyclic) bond motifs is 1. The third-order valence-corrected chi connectivity index (χ3v) is 4.68. The predicted molar refractivity (Wildman–Crippen MR) is 101 cm³/mol. The lowest BCUT2D eigenvalue weighted by atomic mass is 9.99. The molecule has 2 heterocycles. The van der Waals surface area contributed by atoms with E-state index in [1.165, 1.54) is 0 Å². The molecule has 2 N–H and O–H groups in total. The van der Waals surface area contributed by atoms with E-state index in [1.807, 2.05) is 45.0 Å². The zero-order valence-corrected chi connectivity index (χ0v) is 16.1. The van der Waals surface area contributed by atoms with Gasteiger partial charge in [0.2, 0.25) is 0 Å². The van der Waals surface area contributed by atoms with E-state index in [9.17, 15) is 9.90 Å². The van der Waals surface area contributed by atoms with Gasteiger partial charge in [-0.05, 0) is 38.5 Å². The second-order valence-electron chi connectivity index (χ2n) is 6.79. The number of nitrogens with zero attached hydrogens (tertiary/aromatic N) is 2. The molecule has 0 aliphatic carbocycles. The van der Waals surface area contributed by atoms with Crippen molar-refractivity contribution in [3.8, 4) is 5.75 Å². The van der Waals surface area contributed by atoms with Crippen molar-refractivity contribution in [2.75, 3.05) is 19.8 Å². The van der Waals surface area contributed by atoms with E-state index in [2.05, 4.69) is 10.2 Å². The number of aromatic nitrogens is 2.